The van der Waals surface area contributed by atoms with Gasteiger partial charge < -0.3 is 29.7 Å². The zero-order chi connectivity index (χ0) is 37.8. The van der Waals surface area contributed by atoms with E-state index in [1.54, 1.807) is 6.20 Å². The van der Waals surface area contributed by atoms with Crippen LogP contribution < -0.4 is 9.80 Å². The fraction of sp³-hybridized carbons (Fsp3) is 0.0638. The maximum atomic E-state index is 15.6. The smallest absolute Gasteiger partial charge is 0.341 e. The molecule has 0 aliphatic carbocycles. The van der Waals surface area contributed by atoms with Crippen molar-refractivity contribution >= 4 is 34.1 Å². The molecule has 8 aromatic rings. The molecule has 5 aromatic carbocycles. The van der Waals surface area contributed by atoms with Crippen molar-refractivity contribution in [2.45, 2.75) is 19.3 Å². The standard InChI is InChI=1S/C47H34F2N6.Pt/c1-47(2,45-28-39(26-43(52-45)33-30-50-32-51-31-33)54(35-15-7-3-8-16-35)36-17-9-4-10-18-36)46-29-40(27-44(53-46)41-24-23-34(48)25-42(41)49)55(37-19-11-5-12-20-37)38-21-13-6-14-22-38;/h3-23,25-30,32H,1-2H3;/q-2;+2. The first-order valence-corrected chi connectivity index (χ1v) is 17.8. The number of benzene rings is 5. The first-order valence-electron chi connectivity index (χ1n) is 17.8. The predicted octanol–water partition coefficient (Wildman–Crippen LogP) is 11.7. The summed E-state index contributed by atoms with van der Waals surface area (Å²) < 4.78 is 29.8. The minimum Gasteiger partial charge on any atom is -0.341 e. The second kappa shape index (κ2) is 16.6. The minimum atomic E-state index is -0.889. The van der Waals surface area contributed by atoms with E-state index in [0.29, 0.717) is 28.3 Å². The topological polar surface area (TPSA) is 58.0 Å². The molecule has 3 aromatic heterocycles. The fourth-order valence-electron chi connectivity index (χ4n) is 6.56. The Morgan fingerprint density at radius 2 is 1.00 bits per heavy atom. The van der Waals surface area contributed by atoms with E-state index in [1.807, 2.05) is 129 Å². The van der Waals surface area contributed by atoms with Gasteiger partial charge in [0.25, 0.3) is 0 Å². The zero-order valence-electron chi connectivity index (χ0n) is 30.4. The van der Waals surface area contributed by atoms with Crippen LogP contribution >= 0.6 is 0 Å². The SMILES string of the molecule is CC(C)(c1cc(N(c2ccccc2)c2ccccc2)cc(-c2[c-]ncnc2)n1)c1cc(N(c2ccccc2)c2ccccc2)cc(-c2[c-]cc(F)cc2F)n1.[Pt+2]. The van der Waals surface area contributed by atoms with Crippen LogP contribution in [-0.2, 0) is 26.5 Å². The molecule has 276 valence electrons. The number of nitrogens with zero attached hydrogens (tertiary/aromatic N) is 6. The molecule has 3 heterocycles. The van der Waals surface area contributed by atoms with Crippen molar-refractivity contribution in [3.05, 3.63) is 206 Å². The van der Waals surface area contributed by atoms with E-state index in [1.165, 1.54) is 6.33 Å². The number of halogens is 2. The molecule has 0 atom stereocenters. The van der Waals surface area contributed by atoms with Crippen LogP contribution in [0.3, 0.4) is 0 Å². The summed E-state index contributed by atoms with van der Waals surface area (Å²) in [6, 6.07) is 52.7. The van der Waals surface area contributed by atoms with Crippen molar-refractivity contribution in [1.82, 2.24) is 19.9 Å². The summed E-state index contributed by atoms with van der Waals surface area (Å²) in [4.78, 5) is 23.0. The van der Waals surface area contributed by atoms with Crippen molar-refractivity contribution in [3.8, 4) is 22.5 Å². The molecule has 8 rings (SSSR count). The van der Waals surface area contributed by atoms with Gasteiger partial charge in [0.1, 0.15) is 0 Å². The van der Waals surface area contributed by atoms with Gasteiger partial charge in [-0.2, -0.15) is 0 Å². The predicted molar refractivity (Wildman–Crippen MR) is 214 cm³/mol. The van der Waals surface area contributed by atoms with E-state index in [2.05, 4.69) is 62.4 Å². The van der Waals surface area contributed by atoms with Crippen LogP contribution in [0.1, 0.15) is 25.2 Å². The summed E-state index contributed by atoms with van der Waals surface area (Å²) in [5.41, 5.74) is 7.22. The molecule has 0 saturated carbocycles. The molecule has 0 radical (unpaired) electrons. The molecule has 0 aliphatic rings. The van der Waals surface area contributed by atoms with E-state index in [0.717, 1.165) is 46.3 Å². The summed E-state index contributed by atoms with van der Waals surface area (Å²) in [5, 5.41) is 0. The third kappa shape index (κ3) is 7.88. The number of hydrogen-bond donors (Lipinski definition) is 0. The molecule has 0 bridgehead atoms. The Balaban J connectivity index is 0.00000480. The van der Waals surface area contributed by atoms with E-state index in [4.69, 9.17) is 9.97 Å². The molecular weight excluding hydrogens is 882 g/mol. The normalized spacial score (nSPS) is 11.1. The van der Waals surface area contributed by atoms with Crippen LogP contribution in [0.4, 0.5) is 42.9 Å². The van der Waals surface area contributed by atoms with Crippen LogP contribution in [0, 0.1) is 23.9 Å². The van der Waals surface area contributed by atoms with Gasteiger partial charge in [0, 0.05) is 68.9 Å². The van der Waals surface area contributed by atoms with Crippen molar-refractivity contribution in [1.29, 1.82) is 0 Å². The van der Waals surface area contributed by atoms with E-state index < -0.39 is 17.0 Å². The third-order valence-electron chi connectivity index (χ3n) is 9.38. The van der Waals surface area contributed by atoms with Gasteiger partial charge in [0.2, 0.25) is 0 Å². The maximum Gasteiger partial charge on any atom is 2.00 e. The summed E-state index contributed by atoms with van der Waals surface area (Å²) in [6.07, 6.45) is 6.18. The van der Waals surface area contributed by atoms with E-state index in [-0.39, 0.29) is 26.6 Å². The second-order valence-electron chi connectivity index (χ2n) is 13.4. The molecule has 0 fully saturated rings. The van der Waals surface area contributed by atoms with Gasteiger partial charge in [-0.1, -0.05) is 108 Å². The van der Waals surface area contributed by atoms with Crippen molar-refractivity contribution < 1.29 is 29.8 Å². The molecule has 0 unspecified atom stereocenters. The van der Waals surface area contributed by atoms with Crippen molar-refractivity contribution in [2.24, 2.45) is 0 Å². The number of hydrogen-bond acceptors (Lipinski definition) is 6. The fourth-order valence-corrected chi connectivity index (χ4v) is 6.56. The number of pyridine rings is 2. The number of anilines is 6. The van der Waals surface area contributed by atoms with Crippen LogP contribution in [0.25, 0.3) is 22.5 Å². The minimum absolute atomic E-state index is 0. The number of aromatic nitrogens is 4. The van der Waals surface area contributed by atoms with Gasteiger partial charge in [-0.3, -0.25) is 8.78 Å². The Kier molecular flexibility index (Phi) is 11.2. The van der Waals surface area contributed by atoms with Crippen LogP contribution in [0.5, 0.6) is 0 Å². The molecule has 0 amide bonds. The maximum absolute atomic E-state index is 15.6. The Morgan fingerprint density at radius 3 is 1.43 bits per heavy atom. The van der Waals surface area contributed by atoms with Crippen molar-refractivity contribution in [3.63, 3.8) is 0 Å². The van der Waals surface area contributed by atoms with Crippen molar-refractivity contribution in [2.75, 3.05) is 9.80 Å². The van der Waals surface area contributed by atoms with Crippen LogP contribution in [0.2, 0.25) is 0 Å². The average molecular weight is 916 g/mol. The Hall–Kier alpha value is -6.37. The van der Waals surface area contributed by atoms with Gasteiger partial charge in [-0.15, -0.1) is 12.1 Å². The van der Waals surface area contributed by atoms with E-state index in [9.17, 15) is 4.39 Å². The molecule has 0 saturated heterocycles. The summed E-state index contributed by atoms with van der Waals surface area (Å²) in [7, 11) is 0. The van der Waals surface area contributed by atoms with Gasteiger partial charge in [0.05, 0.1) is 0 Å². The quantitative estimate of drug-likeness (QED) is 0.127. The largest absolute Gasteiger partial charge is 2.00 e. The molecule has 56 heavy (non-hydrogen) atoms. The van der Waals surface area contributed by atoms with Gasteiger partial charge in [0.15, 0.2) is 0 Å². The second-order valence-corrected chi connectivity index (χ2v) is 13.4. The average Bonchev–Trinajstić information content (AvgIpc) is 3.23. The first kappa shape index (κ1) is 37.9. The Labute approximate surface area is 339 Å². The Bertz CT molecular complexity index is 2460. The first-order chi connectivity index (χ1) is 26.8. The number of para-hydroxylation sites is 4. The molecule has 0 aliphatic heterocycles. The molecular formula is C47H34F2N6Pt. The monoisotopic (exact) mass is 915 g/mol. The van der Waals surface area contributed by atoms with Gasteiger partial charge >= 0.3 is 21.1 Å². The summed E-state index contributed by atoms with van der Waals surface area (Å²) >= 11 is 0. The Morgan fingerprint density at radius 1 is 0.554 bits per heavy atom. The van der Waals surface area contributed by atoms with Gasteiger partial charge in [-0.05, 0) is 92.1 Å². The zero-order valence-corrected chi connectivity index (χ0v) is 32.7. The molecule has 0 spiro atoms. The van der Waals surface area contributed by atoms with Crippen LogP contribution in [-0.4, -0.2) is 19.9 Å². The third-order valence-corrected chi connectivity index (χ3v) is 9.38. The van der Waals surface area contributed by atoms with Crippen LogP contribution in [0.15, 0.2) is 170 Å². The molecule has 6 nitrogen and oxygen atoms in total. The number of rotatable bonds is 10. The van der Waals surface area contributed by atoms with Gasteiger partial charge in [-0.25, -0.2) is 0 Å². The summed E-state index contributed by atoms with van der Waals surface area (Å²) in [5.74, 6) is -1.48. The molecule has 0 N–H and O–H groups in total. The summed E-state index contributed by atoms with van der Waals surface area (Å²) in [6.45, 7) is 4.08. The molecule has 9 heteroatoms. The van der Waals surface area contributed by atoms with E-state index >= 15 is 4.39 Å².